The van der Waals surface area contributed by atoms with Crippen molar-refractivity contribution in [2.45, 2.75) is 6.04 Å². The summed E-state index contributed by atoms with van der Waals surface area (Å²) < 4.78 is 0. The van der Waals surface area contributed by atoms with Crippen molar-refractivity contribution in [1.29, 1.82) is 0 Å². The zero-order valence-corrected chi connectivity index (χ0v) is 12.5. The summed E-state index contributed by atoms with van der Waals surface area (Å²) in [6.45, 7) is 3.87. The number of hydrogen-bond donors (Lipinski definition) is 1. The lowest BCUT2D eigenvalue weighted by molar-refractivity contribution is -0.380. The van der Waals surface area contributed by atoms with Gasteiger partial charge < -0.3 is 5.32 Å². The van der Waals surface area contributed by atoms with Crippen LogP contribution in [0.25, 0.3) is 0 Å². The minimum atomic E-state index is -0.308. The monoisotopic (exact) mass is 309 g/mol. The van der Waals surface area contributed by atoms with Crippen LogP contribution in [0.2, 0.25) is 0 Å². The maximum Gasteiger partial charge on any atom is 0.324 e. The first-order valence-corrected chi connectivity index (χ1v) is 8.17. The number of hydrogen-bond acceptors (Lipinski definition) is 6. The fraction of sp³-hybridized carbons (Fsp3) is 0.385. The molecule has 0 unspecified atom stereocenters. The van der Waals surface area contributed by atoms with Crippen molar-refractivity contribution in [2.24, 2.45) is 0 Å². The number of thiophene rings is 2. The van der Waals surface area contributed by atoms with E-state index in [0.717, 1.165) is 31.1 Å². The maximum absolute atomic E-state index is 10.9. The minimum Gasteiger partial charge on any atom is -0.314 e. The summed E-state index contributed by atoms with van der Waals surface area (Å²) in [6, 6.07) is 7.81. The minimum absolute atomic E-state index is 0.149. The predicted octanol–water partition coefficient (Wildman–Crippen LogP) is 2.71. The van der Waals surface area contributed by atoms with Crippen LogP contribution in [0.15, 0.2) is 29.6 Å². The number of rotatable bonds is 4. The van der Waals surface area contributed by atoms with E-state index < -0.39 is 0 Å². The molecule has 0 aromatic carbocycles. The van der Waals surface area contributed by atoms with Gasteiger partial charge in [-0.1, -0.05) is 17.4 Å². The summed E-state index contributed by atoms with van der Waals surface area (Å²) in [5.41, 5.74) is 0. The Hall–Kier alpha value is -1.28. The van der Waals surface area contributed by atoms with Crippen LogP contribution in [0, 0.1) is 10.1 Å². The van der Waals surface area contributed by atoms with E-state index in [1.54, 1.807) is 17.4 Å². The van der Waals surface area contributed by atoms with Gasteiger partial charge >= 0.3 is 5.00 Å². The second kappa shape index (κ2) is 6.01. The third-order valence-corrected chi connectivity index (χ3v) is 5.41. The number of nitrogens with one attached hydrogen (secondary N) is 1. The van der Waals surface area contributed by atoms with Gasteiger partial charge in [-0.2, -0.15) is 0 Å². The van der Waals surface area contributed by atoms with E-state index in [4.69, 9.17) is 0 Å². The van der Waals surface area contributed by atoms with E-state index in [-0.39, 0.29) is 16.0 Å². The molecule has 3 heterocycles. The summed E-state index contributed by atoms with van der Waals surface area (Å²) in [5, 5.41) is 16.5. The Labute approximate surface area is 125 Å². The molecule has 0 spiro atoms. The average molecular weight is 309 g/mol. The van der Waals surface area contributed by atoms with Crippen molar-refractivity contribution < 1.29 is 4.92 Å². The molecule has 0 bridgehead atoms. The van der Waals surface area contributed by atoms with E-state index in [1.165, 1.54) is 16.2 Å². The van der Waals surface area contributed by atoms with Crippen molar-refractivity contribution >= 4 is 27.7 Å². The van der Waals surface area contributed by atoms with Gasteiger partial charge in [-0.05, 0) is 17.5 Å². The molecule has 5 nitrogen and oxygen atoms in total. The van der Waals surface area contributed by atoms with Gasteiger partial charge in [0.2, 0.25) is 0 Å². The summed E-state index contributed by atoms with van der Waals surface area (Å²) in [7, 11) is 0. The maximum atomic E-state index is 10.9. The molecule has 0 aliphatic carbocycles. The molecule has 1 N–H and O–H groups in total. The van der Waals surface area contributed by atoms with Crippen LogP contribution in [-0.4, -0.2) is 36.0 Å². The molecule has 20 heavy (non-hydrogen) atoms. The fourth-order valence-corrected chi connectivity index (χ4v) is 4.40. The zero-order chi connectivity index (χ0) is 13.9. The second-order valence-electron chi connectivity index (χ2n) is 4.64. The van der Waals surface area contributed by atoms with Crippen LogP contribution in [0.4, 0.5) is 5.00 Å². The third kappa shape index (κ3) is 2.76. The van der Waals surface area contributed by atoms with E-state index in [1.807, 2.05) is 12.1 Å². The molecule has 2 aromatic heterocycles. The lowest BCUT2D eigenvalue weighted by atomic mass is 10.1. The Morgan fingerprint density at radius 3 is 2.65 bits per heavy atom. The molecule has 1 aliphatic heterocycles. The van der Waals surface area contributed by atoms with Crippen molar-refractivity contribution in [3.05, 3.63) is 49.5 Å². The third-order valence-electron chi connectivity index (χ3n) is 3.39. The molecule has 0 saturated carbocycles. The highest BCUT2D eigenvalue weighted by atomic mass is 32.1. The van der Waals surface area contributed by atoms with Crippen LogP contribution in [0.3, 0.4) is 0 Å². The van der Waals surface area contributed by atoms with Crippen LogP contribution in [-0.2, 0) is 0 Å². The topological polar surface area (TPSA) is 58.4 Å². The molecule has 0 radical (unpaired) electrons. The standard InChI is InChI=1S/C13H15N3O2S2/c17-16(18)12-4-3-11(20-12)13(10-2-1-9-19-10)15-7-5-14-6-8-15/h1-4,9,13-14H,5-8H2/t13-/m1/s1. The quantitative estimate of drug-likeness (QED) is 0.697. The first-order valence-electron chi connectivity index (χ1n) is 6.48. The number of nitrogens with zero attached hydrogens (tertiary/aromatic N) is 2. The molecular weight excluding hydrogens is 294 g/mol. The second-order valence-corrected chi connectivity index (χ2v) is 6.71. The van der Waals surface area contributed by atoms with Gasteiger partial charge in [-0.15, -0.1) is 11.3 Å². The largest absolute Gasteiger partial charge is 0.324 e. The van der Waals surface area contributed by atoms with Gasteiger partial charge in [-0.3, -0.25) is 15.0 Å². The van der Waals surface area contributed by atoms with E-state index in [2.05, 4.69) is 21.7 Å². The summed E-state index contributed by atoms with van der Waals surface area (Å²) in [4.78, 5) is 15.3. The van der Waals surface area contributed by atoms with Gasteiger partial charge in [0.25, 0.3) is 0 Å². The van der Waals surface area contributed by atoms with Gasteiger partial charge in [0.1, 0.15) is 0 Å². The Morgan fingerprint density at radius 2 is 2.05 bits per heavy atom. The highest BCUT2D eigenvalue weighted by Crippen LogP contribution is 2.38. The summed E-state index contributed by atoms with van der Waals surface area (Å²) >= 11 is 3.00. The van der Waals surface area contributed by atoms with Crippen LogP contribution < -0.4 is 5.32 Å². The number of piperazine rings is 1. The van der Waals surface area contributed by atoms with Crippen molar-refractivity contribution in [1.82, 2.24) is 10.2 Å². The van der Waals surface area contributed by atoms with Crippen molar-refractivity contribution in [3.8, 4) is 0 Å². The Morgan fingerprint density at radius 1 is 1.25 bits per heavy atom. The Bertz CT molecular complexity index is 576. The van der Waals surface area contributed by atoms with Gasteiger partial charge in [0.15, 0.2) is 0 Å². The highest BCUT2D eigenvalue weighted by molar-refractivity contribution is 7.15. The smallest absolute Gasteiger partial charge is 0.314 e. The Kier molecular flexibility index (Phi) is 4.11. The molecule has 2 aromatic rings. The van der Waals surface area contributed by atoms with E-state index in [0.29, 0.717) is 0 Å². The summed E-state index contributed by atoms with van der Waals surface area (Å²) in [6.07, 6.45) is 0. The number of nitro groups is 1. The molecule has 1 saturated heterocycles. The first-order chi connectivity index (χ1) is 9.75. The van der Waals surface area contributed by atoms with Crippen molar-refractivity contribution in [3.63, 3.8) is 0 Å². The molecular formula is C13H15N3O2S2. The SMILES string of the molecule is O=[N+]([O-])c1ccc([C@@H](c2cccs2)N2CCNCC2)s1. The first kappa shape index (κ1) is 13.7. The molecule has 7 heteroatoms. The predicted molar refractivity (Wildman–Crippen MR) is 81.6 cm³/mol. The lowest BCUT2D eigenvalue weighted by Gasteiger charge is -2.33. The molecule has 1 fully saturated rings. The lowest BCUT2D eigenvalue weighted by Crippen LogP contribution is -2.45. The van der Waals surface area contributed by atoms with Gasteiger partial charge in [-0.25, -0.2) is 0 Å². The molecule has 1 atom stereocenters. The molecule has 3 rings (SSSR count). The molecule has 106 valence electrons. The normalized spacial score (nSPS) is 18.0. The highest BCUT2D eigenvalue weighted by Gasteiger charge is 2.27. The summed E-state index contributed by atoms with van der Waals surface area (Å²) in [5.74, 6) is 0. The zero-order valence-electron chi connectivity index (χ0n) is 10.8. The van der Waals surface area contributed by atoms with Gasteiger partial charge in [0, 0.05) is 42.0 Å². The molecule has 1 aliphatic rings. The average Bonchev–Trinajstić information content (AvgIpc) is 3.12. The van der Waals surface area contributed by atoms with E-state index >= 15 is 0 Å². The van der Waals surface area contributed by atoms with Crippen LogP contribution in [0.5, 0.6) is 0 Å². The Balaban J connectivity index is 1.93. The fourth-order valence-electron chi connectivity index (χ4n) is 2.47. The van der Waals surface area contributed by atoms with Crippen molar-refractivity contribution in [2.75, 3.05) is 26.2 Å². The van der Waals surface area contributed by atoms with Crippen LogP contribution >= 0.6 is 22.7 Å². The van der Waals surface area contributed by atoms with Crippen LogP contribution in [0.1, 0.15) is 15.8 Å². The molecule has 0 amide bonds. The van der Waals surface area contributed by atoms with E-state index in [9.17, 15) is 10.1 Å². The van der Waals surface area contributed by atoms with Gasteiger partial charge in [0.05, 0.1) is 11.0 Å².